The van der Waals surface area contributed by atoms with Crippen LogP contribution in [0.1, 0.15) is 20.8 Å². The Bertz CT molecular complexity index is 150. The Morgan fingerprint density at radius 2 is 2.23 bits per heavy atom. The fourth-order valence-electron chi connectivity index (χ4n) is 1.48. The van der Waals surface area contributed by atoms with Crippen LogP contribution in [0.2, 0.25) is 0 Å². The van der Waals surface area contributed by atoms with E-state index in [4.69, 9.17) is 4.74 Å². The molecule has 0 amide bonds. The first-order valence-electron chi connectivity index (χ1n) is 5.11. The van der Waals surface area contributed by atoms with Gasteiger partial charge in [-0.1, -0.05) is 13.8 Å². The van der Waals surface area contributed by atoms with E-state index in [1.54, 1.807) is 0 Å². The minimum absolute atomic E-state index is 0.208. The van der Waals surface area contributed by atoms with Crippen molar-refractivity contribution in [3.05, 3.63) is 0 Å². The van der Waals surface area contributed by atoms with Crippen molar-refractivity contribution in [3.8, 4) is 0 Å². The number of aliphatic hydroxyl groups is 1. The second-order valence-electron chi connectivity index (χ2n) is 4.23. The second kappa shape index (κ2) is 4.94. The molecule has 0 aromatic rings. The van der Waals surface area contributed by atoms with Crippen molar-refractivity contribution in [1.29, 1.82) is 0 Å². The molecule has 2 atom stereocenters. The zero-order valence-corrected chi connectivity index (χ0v) is 8.86. The van der Waals surface area contributed by atoms with Crippen LogP contribution >= 0.6 is 0 Å². The molecule has 0 bridgehead atoms. The van der Waals surface area contributed by atoms with Gasteiger partial charge in [0.2, 0.25) is 0 Å². The van der Waals surface area contributed by atoms with Crippen LogP contribution in [0.4, 0.5) is 0 Å². The number of nitrogens with zero attached hydrogens (tertiary/aromatic N) is 1. The Morgan fingerprint density at radius 3 is 2.77 bits per heavy atom. The van der Waals surface area contributed by atoms with Gasteiger partial charge in [0.15, 0.2) is 0 Å². The van der Waals surface area contributed by atoms with Gasteiger partial charge in [0.05, 0.1) is 19.3 Å². The fourth-order valence-corrected chi connectivity index (χ4v) is 1.48. The molecule has 1 aliphatic rings. The van der Waals surface area contributed by atoms with Gasteiger partial charge in [-0.15, -0.1) is 0 Å². The summed E-state index contributed by atoms with van der Waals surface area (Å²) in [6.45, 7) is 9.57. The second-order valence-corrected chi connectivity index (χ2v) is 4.23. The molecular formula is C10H21NO2. The van der Waals surface area contributed by atoms with Gasteiger partial charge in [0.1, 0.15) is 0 Å². The van der Waals surface area contributed by atoms with Crippen molar-refractivity contribution in [2.45, 2.75) is 32.9 Å². The zero-order valence-electron chi connectivity index (χ0n) is 8.86. The maximum absolute atomic E-state index is 9.71. The quantitative estimate of drug-likeness (QED) is 0.707. The molecule has 1 rings (SSSR count). The monoisotopic (exact) mass is 187 g/mol. The van der Waals surface area contributed by atoms with Gasteiger partial charge in [-0.3, -0.25) is 4.90 Å². The van der Waals surface area contributed by atoms with E-state index < -0.39 is 0 Å². The fraction of sp³-hybridized carbons (Fsp3) is 1.00. The number of morpholine rings is 1. The van der Waals surface area contributed by atoms with Gasteiger partial charge in [-0.25, -0.2) is 0 Å². The minimum Gasteiger partial charge on any atom is -0.392 e. The smallest absolute Gasteiger partial charge is 0.0690 e. The van der Waals surface area contributed by atoms with Crippen LogP contribution in [0.3, 0.4) is 0 Å². The molecule has 1 heterocycles. The first-order chi connectivity index (χ1) is 6.11. The summed E-state index contributed by atoms with van der Waals surface area (Å²) in [6, 6.07) is 0.446. The number of hydrogen-bond donors (Lipinski definition) is 1. The molecule has 0 aromatic carbocycles. The number of rotatable bonds is 3. The lowest BCUT2D eigenvalue weighted by atomic mass is 10.1. The van der Waals surface area contributed by atoms with E-state index in [-0.39, 0.29) is 6.10 Å². The van der Waals surface area contributed by atoms with Gasteiger partial charge in [0, 0.05) is 19.1 Å². The van der Waals surface area contributed by atoms with Gasteiger partial charge >= 0.3 is 0 Å². The molecule has 78 valence electrons. The van der Waals surface area contributed by atoms with Crippen LogP contribution in [-0.2, 0) is 4.74 Å². The van der Waals surface area contributed by atoms with Crippen LogP contribution in [0.15, 0.2) is 0 Å². The largest absolute Gasteiger partial charge is 0.392 e. The molecule has 1 aliphatic heterocycles. The molecule has 0 saturated carbocycles. The van der Waals surface area contributed by atoms with E-state index in [1.807, 2.05) is 0 Å². The third-order valence-corrected chi connectivity index (χ3v) is 2.70. The third-order valence-electron chi connectivity index (χ3n) is 2.70. The first kappa shape index (κ1) is 11.0. The summed E-state index contributed by atoms with van der Waals surface area (Å²) in [5.41, 5.74) is 0. The standard InChI is InChI=1S/C10H21NO2/c1-8(2)10(12)6-11-4-5-13-7-9(11)3/h8-10,12H,4-7H2,1-3H3. The van der Waals surface area contributed by atoms with Crippen molar-refractivity contribution < 1.29 is 9.84 Å². The van der Waals surface area contributed by atoms with Crippen molar-refractivity contribution in [2.24, 2.45) is 5.92 Å². The summed E-state index contributed by atoms with van der Waals surface area (Å²) in [7, 11) is 0. The molecule has 0 aromatic heterocycles. The van der Waals surface area contributed by atoms with Gasteiger partial charge < -0.3 is 9.84 Å². The average Bonchev–Trinajstić information content (AvgIpc) is 2.08. The molecule has 1 fully saturated rings. The topological polar surface area (TPSA) is 32.7 Å². The normalized spacial score (nSPS) is 27.9. The maximum Gasteiger partial charge on any atom is 0.0690 e. The number of ether oxygens (including phenoxy) is 1. The highest BCUT2D eigenvalue weighted by molar-refractivity contribution is 4.75. The lowest BCUT2D eigenvalue weighted by Gasteiger charge is -2.35. The summed E-state index contributed by atoms with van der Waals surface area (Å²) in [4.78, 5) is 2.30. The lowest BCUT2D eigenvalue weighted by molar-refractivity contribution is -0.0270. The van der Waals surface area contributed by atoms with Gasteiger partial charge in [-0.05, 0) is 12.8 Å². The Balaban J connectivity index is 2.33. The Kier molecular flexibility index (Phi) is 4.16. The van der Waals surface area contributed by atoms with E-state index in [2.05, 4.69) is 25.7 Å². The van der Waals surface area contributed by atoms with Crippen LogP contribution in [0, 0.1) is 5.92 Å². The summed E-state index contributed by atoms with van der Waals surface area (Å²) < 4.78 is 5.33. The lowest BCUT2D eigenvalue weighted by Crippen LogP contribution is -2.47. The molecule has 0 spiro atoms. The molecule has 1 saturated heterocycles. The van der Waals surface area contributed by atoms with E-state index in [1.165, 1.54) is 0 Å². The summed E-state index contributed by atoms with van der Waals surface area (Å²) in [6.07, 6.45) is -0.208. The summed E-state index contributed by atoms with van der Waals surface area (Å²) in [5, 5.41) is 9.71. The van der Waals surface area contributed by atoms with Crippen LogP contribution < -0.4 is 0 Å². The van der Waals surface area contributed by atoms with E-state index in [0.717, 1.165) is 26.3 Å². The molecule has 0 aliphatic carbocycles. The summed E-state index contributed by atoms with van der Waals surface area (Å²) in [5.74, 6) is 0.343. The van der Waals surface area contributed by atoms with Gasteiger partial charge in [0.25, 0.3) is 0 Å². The predicted molar refractivity (Wildman–Crippen MR) is 52.7 cm³/mol. The van der Waals surface area contributed by atoms with Crippen LogP contribution in [-0.4, -0.2) is 48.5 Å². The number of β-amino-alcohol motifs (C(OH)–C–C–N with tert-alkyl or cyclic N) is 1. The number of hydrogen-bond acceptors (Lipinski definition) is 3. The van der Waals surface area contributed by atoms with Gasteiger partial charge in [-0.2, -0.15) is 0 Å². The highest BCUT2D eigenvalue weighted by Gasteiger charge is 2.22. The first-order valence-corrected chi connectivity index (χ1v) is 5.11. The number of aliphatic hydroxyl groups excluding tert-OH is 1. The van der Waals surface area contributed by atoms with Crippen molar-refractivity contribution in [2.75, 3.05) is 26.3 Å². The zero-order chi connectivity index (χ0) is 9.84. The van der Waals surface area contributed by atoms with Crippen molar-refractivity contribution >= 4 is 0 Å². The third kappa shape index (κ3) is 3.25. The average molecular weight is 187 g/mol. The Hall–Kier alpha value is -0.120. The highest BCUT2D eigenvalue weighted by Crippen LogP contribution is 2.10. The van der Waals surface area contributed by atoms with E-state index >= 15 is 0 Å². The van der Waals surface area contributed by atoms with Crippen LogP contribution in [0.25, 0.3) is 0 Å². The Morgan fingerprint density at radius 1 is 1.54 bits per heavy atom. The van der Waals surface area contributed by atoms with Crippen molar-refractivity contribution in [1.82, 2.24) is 4.90 Å². The highest BCUT2D eigenvalue weighted by atomic mass is 16.5. The van der Waals surface area contributed by atoms with E-state index in [0.29, 0.717) is 12.0 Å². The molecule has 13 heavy (non-hydrogen) atoms. The summed E-state index contributed by atoms with van der Waals surface area (Å²) >= 11 is 0. The molecule has 2 unspecified atom stereocenters. The maximum atomic E-state index is 9.71. The molecule has 1 N–H and O–H groups in total. The molecular weight excluding hydrogens is 166 g/mol. The van der Waals surface area contributed by atoms with Crippen LogP contribution in [0.5, 0.6) is 0 Å². The molecule has 3 heteroatoms. The molecule has 3 nitrogen and oxygen atoms in total. The Labute approximate surface area is 80.7 Å². The molecule has 0 radical (unpaired) electrons. The van der Waals surface area contributed by atoms with Crippen molar-refractivity contribution in [3.63, 3.8) is 0 Å². The minimum atomic E-state index is -0.208. The predicted octanol–water partition coefficient (Wildman–Crippen LogP) is 0.724. The SMILES string of the molecule is CC(C)C(O)CN1CCOCC1C. The van der Waals surface area contributed by atoms with E-state index in [9.17, 15) is 5.11 Å².